The Morgan fingerprint density at radius 2 is 2.24 bits per heavy atom. The molecule has 2 heterocycles. The molecule has 0 spiro atoms. The lowest BCUT2D eigenvalue weighted by Gasteiger charge is -2.10. The zero-order valence-electron chi connectivity index (χ0n) is 12.2. The first-order valence-electron chi connectivity index (χ1n) is 6.97. The molecular formula is C13H21BrN2O2S3. The summed E-state index contributed by atoms with van der Waals surface area (Å²) in [4.78, 5) is 1.38. The summed E-state index contributed by atoms with van der Waals surface area (Å²) in [5.74, 6) is 2.65. The predicted octanol–water partition coefficient (Wildman–Crippen LogP) is 3.04. The van der Waals surface area contributed by atoms with Gasteiger partial charge in [-0.2, -0.15) is 11.8 Å². The Morgan fingerprint density at radius 1 is 1.48 bits per heavy atom. The second kappa shape index (κ2) is 7.79. The Morgan fingerprint density at radius 3 is 2.86 bits per heavy atom. The monoisotopic (exact) mass is 412 g/mol. The maximum Gasteiger partial charge on any atom is 0.242 e. The van der Waals surface area contributed by atoms with Gasteiger partial charge in [-0.25, -0.2) is 13.1 Å². The molecule has 8 heteroatoms. The van der Waals surface area contributed by atoms with Gasteiger partial charge < -0.3 is 5.32 Å². The fourth-order valence-corrected chi connectivity index (χ4v) is 7.05. The molecule has 120 valence electrons. The number of thioether (sulfide) groups is 1. The van der Waals surface area contributed by atoms with Gasteiger partial charge in [0.05, 0.1) is 3.79 Å². The summed E-state index contributed by atoms with van der Waals surface area (Å²) in [5.41, 5.74) is 0. The van der Waals surface area contributed by atoms with Gasteiger partial charge in [0.15, 0.2) is 0 Å². The van der Waals surface area contributed by atoms with E-state index in [1.54, 1.807) is 6.07 Å². The Bertz CT molecular complexity index is 566. The van der Waals surface area contributed by atoms with Crippen molar-refractivity contribution < 1.29 is 8.42 Å². The molecule has 1 unspecified atom stereocenters. The lowest BCUT2D eigenvalue weighted by molar-refractivity contribution is 0.545. The van der Waals surface area contributed by atoms with Crippen LogP contribution < -0.4 is 10.0 Å². The molecule has 1 atom stereocenters. The van der Waals surface area contributed by atoms with Crippen LogP contribution in [0.1, 0.15) is 25.1 Å². The molecule has 0 saturated carbocycles. The highest BCUT2D eigenvalue weighted by Gasteiger charge is 2.23. The van der Waals surface area contributed by atoms with E-state index in [0.29, 0.717) is 33.7 Å². The minimum Gasteiger partial charge on any atom is -0.310 e. The van der Waals surface area contributed by atoms with Crippen LogP contribution in [-0.4, -0.2) is 32.5 Å². The van der Waals surface area contributed by atoms with E-state index in [1.807, 2.05) is 11.8 Å². The summed E-state index contributed by atoms with van der Waals surface area (Å²) in [6.07, 6.45) is 1.10. The van der Waals surface area contributed by atoms with Gasteiger partial charge in [-0.3, -0.25) is 0 Å². The Labute approximate surface area is 143 Å². The van der Waals surface area contributed by atoms with E-state index in [-0.39, 0.29) is 0 Å². The molecular weight excluding hydrogens is 392 g/mol. The van der Waals surface area contributed by atoms with Crippen LogP contribution in [0.4, 0.5) is 0 Å². The van der Waals surface area contributed by atoms with Gasteiger partial charge in [-0.1, -0.05) is 13.8 Å². The molecule has 0 amide bonds. The van der Waals surface area contributed by atoms with Crippen molar-refractivity contribution in [1.82, 2.24) is 10.0 Å². The van der Waals surface area contributed by atoms with Crippen molar-refractivity contribution >= 4 is 49.1 Å². The van der Waals surface area contributed by atoms with Crippen LogP contribution in [0.2, 0.25) is 0 Å². The number of thiophene rings is 1. The van der Waals surface area contributed by atoms with Crippen molar-refractivity contribution in [3.8, 4) is 0 Å². The lowest BCUT2D eigenvalue weighted by Crippen LogP contribution is -2.29. The summed E-state index contributed by atoms with van der Waals surface area (Å²) in [6.45, 7) is 5.37. The van der Waals surface area contributed by atoms with Crippen molar-refractivity contribution in [1.29, 1.82) is 0 Å². The van der Waals surface area contributed by atoms with Gasteiger partial charge in [0, 0.05) is 24.0 Å². The highest BCUT2D eigenvalue weighted by Crippen LogP contribution is 2.32. The maximum atomic E-state index is 12.4. The van der Waals surface area contributed by atoms with Gasteiger partial charge in [-0.05, 0) is 45.8 Å². The van der Waals surface area contributed by atoms with Crippen molar-refractivity contribution in [3.05, 3.63) is 14.7 Å². The van der Waals surface area contributed by atoms with E-state index >= 15 is 0 Å². The summed E-state index contributed by atoms with van der Waals surface area (Å²) in [6, 6.07) is 2.14. The second-order valence-corrected chi connectivity index (χ2v) is 10.8. The molecule has 0 radical (unpaired) electrons. The summed E-state index contributed by atoms with van der Waals surface area (Å²) in [7, 11) is -3.42. The van der Waals surface area contributed by atoms with Crippen LogP contribution >= 0.6 is 39.0 Å². The Balaban J connectivity index is 2.01. The molecule has 0 bridgehead atoms. The number of hydrogen-bond acceptors (Lipinski definition) is 5. The number of sulfonamides is 1. The lowest BCUT2D eigenvalue weighted by atomic mass is 10.1. The Kier molecular flexibility index (Phi) is 6.58. The average Bonchev–Trinajstić information content (AvgIpc) is 3.03. The highest BCUT2D eigenvalue weighted by molar-refractivity contribution is 9.11. The first-order chi connectivity index (χ1) is 9.88. The molecule has 1 aliphatic rings. The van der Waals surface area contributed by atoms with Gasteiger partial charge in [0.1, 0.15) is 4.90 Å². The van der Waals surface area contributed by atoms with Crippen molar-refractivity contribution in [2.24, 2.45) is 5.92 Å². The molecule has 1 saturated heterocycles. The SMILES string of the molecule is CC(C)NCc1cc(S(=O)(=O)NCC2CCSC2)c(Br)s1. The fraction of sp³-hybridized carbons (Fsp3) is 0.692. The van der Waals surface area contributed by atoms with E-state index in [0.717, 1.165) is 22.8 Å². The van der Waals surface area contributed by atoms with E-state index in [1.165, 1.54) is 11.3 Å². The van der Waals surface area contributed by atoms with Crippen molar-refractivity contribution in [3.63, 3.8) is 0 Å². The summed E-state index contributed by atoms with van der Waals surface area (Å²) in [5, 5.41) is 3.30. The highest BCUT2D eigenvalue weighted by atomic mass is 79.9. The van der Waals surface area contributed by atoms with Gasteiger partial charge in [0.25, 0.3) is 0 Å². The van der Waals surface area contributed by atoms with E-state index in [2.05, 4.69) is 39.8 Å². The summed E-state index contributed by atoms with van der Waals surface area (Å²) < 4.78 is 28.2. The van der Waals surface area contributed by atoms with Gasteiger partial charge in [0.2, 0.25) is 10.0 Å². The molecule has 2 N–H and O–H groups in total. The third-order valence-electron chi connectivity index (χ3n) is 3.27. The average molecular weight is 413 g/mol. The molecule has 0 aliphatic carbocycles. The van der Waals surface area contributed by atoms with E-state index < -0.39 is 10.0 Å². The van der Waals surface area contributed by atoms with Crippen molar-refractivity contribution in [2.75, 3.05) is 18.1 Å². The molecule has 4 nitrogen and oxygen atoms in total. The zero-order chi connectivity index (χ0) is 15.5. The minimum atomic E-state index is -3.42. The molecule has 2 rings (SSSR count). The summed E-state index contributed by atoms with van der Waals surface area (Å²) >= 11 is 6.75. The molecule has 1 aromatic rings. The standard InChI is InChI=1S/C13H21BrN2O2S3/c1-9(2)15-7-11-5-12(13(14)20-11)21(17,18)16-6-10-3-4-19-8-10/h5,9-10,15-16H,3-4,6-8H2,1-2H3. The van der Waals surface area contributed by atoms with Crippen LogP contribution in [0, 0.1) is 5.92 Å². The van der Waals surface area contributed by atoms with Gasteiger partial charge >= 0.3 is 0 Å². The minimum absolute atomic E-state index is 0.360. The van der Waals surface area contributed by atoms with E-state index in [4.69, 9.17) is 0 Å². The number of rotatable bonds is 7. The normalized spacial score (nSPS) is 19.5. The van der Waals surface area contributed by atoms with Crippen LogP contribution in [-0.2, 0) is 16.6 Å². The molecule has 21 heavy (non-hydrogen) atoms. The largest absolute Gasteiger partial charge is 0.310 e. The predicted molar refractivity (Wildman–Crippen MR) is 94.6 cm³/mol. The number of hydrogen-bond donors (Lipinski definition) is 2. The molecule has 1 aromatic heterocycles. The topological polar surface area (TPSA) is 58.2 Å². The fourth-order valence-electron chi connectivity index (χ4n) is 2.02. The quantitative estimate of drug-likeness (QED) is 0.722. The third kappa shape index (κ3) is 5.21. The van der Waals surface area contributed by atoms with Crippen LogP contribution in [0.15, 0.2) is 14.7 Å². The van der Waals surface area contributed by atoms with Crippen LogP contribution in [0.3, 0.4) is 0 Å². The number of halogens is 1. The smallest absolute Gasteiger partial charge is 0.242 e. The van der Waals surface area contributed by atoms with Crippen molar-refractivity contribution in [2.45, 2.75) is 37.8 Å². The molecule has 1 fully saturated rings. The van der Waals surface area contributed by atoms with Crippen LogP contribution in [0.25, 0.3) is 0 Å². The first kappa shape index (κ1) is 17.7. The molecule has 1 aliphatic heterocycles. The Hall–Kier alpha value is 0.400. The first-order valence-corrected chi connectivity index (χ1v) is 11.2. The van der Waals surface area contributed by atoms with Crippen LogP contribution in [0.5, 0.6) is 0 Å². The maximum absolute atomic E-state index is 12.4. The third-order valence-corrected chi connectivity index (χ3v) is 8.17. The second-order valence-electron chi connectivity index (χ2n) is 5.47. The van der Waals surface area contributed by atoms with Gasteiger partial charge in [-0.15, -0.1) is 11.3 Å². The number of nitrogens with one attached hydrogen (secondary N) is 2. The zero-order valence-corrected chi connectivity index (χ0v) is 16.2. The van der Waals surface area contributed by atoms with E-state index in [9.17, 15) is 8.42 Å². The molecule has 0 aromatic carbocycles.